The van der Waals surface area contributed by atoms with E-state index in [-0.39, 0.29) is 5.16 Å². The van der Waals surface area contributed by atoms with Crippen LogP contribution in [0, 0.1) is 0 Å². The van der Waals surface area contributed by atoms with Gasteiger partial charge < -0.3 is 0 Å². The molecule has 4 nitrogen and oxygen atoms in total. The lowest BCUT2D eigenvalue weighted by Gasteiger charge is -2.04. The molecule has 0 unspecified atom stereocenters. The first kappa shape index (κ1) is 13.3. The molecule has 1 aromatic carbocycles. The van der Waals surface area contributed by atoms with Crippen molar-refractivity contribution in [3.8, 4) is 11.3 Å². The van der Waals surface area contributed by atoms with E-state index in [4.69, 9.17) is 23.2 Å². The molecule has 18 heavy (non-hydrogen) atoms. The molecule has 0 saturated heterocycles. The Bertz CT molecular complexity index is 702. The molecule has 2 rings (SSSR count). The molecule has 0 atom stereocenters. The van der Waals surface area contributed by atoms with Crippen molar-refractivity contribution in [2.75, 3.05) is 6.26 Å². The Hall–Kier alpha value is -1.17. The van der Waals surface area contributed by atoms with Crippen LogP contribution in [-0.4, -0.2) is 24.6 Å². The SMILES string of the molecule is CS(=O)(=O)c1nccc(-c2ccc(Cl)c(Cl)c2)n1. The van der Waals surface area contributed by atoms with Crippen molar-refractivity contribution in [2.45, 2.75) is 5.16 Å². The molecule has 0 N–H and O–H groups in total. The van der Waals surface area contributed by atoms with Crippen LogP contribution in [-0.2, 0) is 9.84 Å². The van der Waals surface area contributed by atoms with Gasteiger partial charge in [-0.25, -0.2) is 18.4 Å². The van der Waals surface area contributed by atoms with Crippen molar-refractivity contribution in [3.63, 3.8) is 0 Å². The molecule has 0 aliphatic carbocycles. The summed E-state index contributed by atoms with van der Waals surface area (Å²) in [7, 11) is -3.43. The summed E-state index contributed by atoms with van der Waals surface area (Å²) in [4.78, 5) is 7.70. The molecule has 1 aromatic heterocycles. The highest BCUT2D eigenvalue weighted by molar-refractivity contribution is 7.90. The summed E-state index contributed by atoms with van der Waals surface area (Å²) in [6, 6.07) is 6.57. The van der Waals surface area contributed by atoms with Gasteiger partial charge >= 0.3 is 0 Å². The molecule has 0 bridgehead atoms. The molecular weight excluding hydrogens is 295 g/mol. The predicted molar refractivity (Wildman–Crippen MR) is 70.6 cm³/mol. The van der Waals surface area contributed by atoms with Gasteiger partial charge in [0.1, 0.15) is 0 Å². The van der Waals surface area contributed by atoms with E-state index in [1.165, 1.54) is 6.20 Å². The average Bonchev–Trinajstić information content (AvgIpc) is 2.32. The molecular formula is C11H8Cl2N2O2S. The van der Waals surface area contributed by atoms with Crippen molar-refractivity contribution in [1.29, 1.82) is 0 Å². The zero-order valence-corrected chi connectivity index (χ0v) is 11.6. The second-order valence-corrected chi connectivity index (χ2v) is 6.35. The summed E-state index contributed by atoms with van der Waals surface area (Å²) in [6.07, 6.45) is 2.45. The van der Waals surface area contributed by atoms with Gasteiger partial charge in [0, 0.05) is 18.0 Å². The fourth-order valence-electron chi connectivity index (χ4n) is 1.34. The normalized spacial score (nSPS) is 11.5. The number of aromatic nitrogens is 2. The van der Waals surface area contributed by atoms with E-state index in [1.54, 1.807) is 24.3 Å². The van der Waals surface area contributed by atoms with Gasteiger partial charge in [0.2, 0.25) is 15.0 Å². The van der Waals surface area contributed by atoms with Crippen LogP contribution in [0.25, 0.3) is 11.3 Å². The number of sulfone groups is 1. The largest absolute Gasteiger partial charge is 0.247 e. The van der Waals surface area contributed by atoms with Crippen molar-refractivity contribution in [3.05, 3.63) is 40.5 Å². The lowest BCUT2D eigenvalue weighted by molar-refractivity contribution is 0.593. The Morgan fingerprint density at radius 1 is 1.11 bits per heavy atom. The van der Waals surface area contributed by atoms with Gasteiger partial charge in [0.15, 0.2) is 0 Å². The quantitative estimate of drug-likeness (QED) is 0.800. The second-order valence-electron chi connectivity index (χ2n) is 3.63. The third-order valence-electron chi connectivity index (χ3n) is 2.18. The highest BCUT2D eigenvalue weighted by atomic mass is 35.5. The highest BCUT2D eigenvalue weighted by Gasteiger charge is 2.12. The standard InChI is InChI=1S/C11H8Cl2N2O2S/c1-18(16,17)11-14-5-4-10(15-11)7-2-3-8(12)9(13)6-7/h2-6H,1H3. The van der Waals surface area contributed by atoms with E-state index in [0.717, 1.165) is 6.26 Å². The molecule has 0 saturated carbocycles. The van der Waals surface area contributed by atoms with Gasteiger partial charge in [0.05, 0.1) is 15.7 Å². The zero-order chi connectivity index (χ0) is 13.3. The van der Waals surface area contributed by atoms with Crippen molar-refractivity contribution in [2.24, 2.45) is 0 Å². The Kier molecular flexibility index (Phi) is 3.56. The summed E-state index contributed by atoms with van der Waals surface area (Å²) in [5, 5.41) is 0.595. The summed E-state index contributed by atoms with van der Waals surface area (Å²) in [6.45, 7) is 0. The summed E-state index contributed by atoms with van der Waals surface area (Å²) < 4.78 is 22.7. The maximum absolute atomic E-state index is 11.4. The summed E-state index contributed by atoms with van der Waals surface area (Å²) in [5.74, 6) is 0. The van der Waals surface area contributed by atoms with Crippen LogP contribution in [0.2, 0.25) is 10.0 Å². The molecule has 0 aliphatic heterocycles. The van der Waals surface area contributed by atoms with Crippen molar-refractivity contribution >= 4 is 33.0 Å². The molecule has 7 heteroatoms. The topological polar surface area (TPSA) is 59.9 Å². The molecule has 0 radical (unpaired) electrons. The minimum atomic E-state index is -3.43. The number of nitrogens with zero attached hydrogens (tertiary/aromatic N) is 2. The van der Waals surface area contributed by atoms with Gasteiger partial charge in [0.25, 0.3) is 0 Å². The number of halogens is 2. The molecule has 2 aromatic rings. The van der Waals surface area contributed by atoms with E-state index in [0.29, 0.717) is 21.3 Å². The number of benzene rings is 1. The summed E-state index contributed by atoms with van der Waals surface area (Å²) >= 11 is 11.7. The Morgan fingerprint density at radius 2 is 1.83 bits per heavy atom. The number of hydrogen-bond acceptors (Lipinski definition) is 4. The van der Waals surface area contributed by atoms with Crippen LogP contribution in [0.4, 0.5) is 0 Å². The Morgan fingerprint density at radius 3 is 2.44 bits per heavy atom. The molecule has 0 fully saturated rings. The zero-order valence-electron chi connectivity index (χ0n) is 9.26. The van der Waals surface area contributed by atoms with Crippen LogP contribution < -0.4 is 0 Å². The fourth-order valence-corrected chi connectivity index (χ4v) is 2.15. The van der Waals surface area contributed by atoms with Crippen LogP contribution >= 0.6 is 23.2 Å². The first-order chi connectivity index (χ1) is 8.38. The van der Waals surface area contributed by atoms with E-state index in [1.807, 2.05) is 0 Å². The van der Waals surface area contributed by atoms with Crippen LogP contribution in [0.1, 0.15) is 0 Å². The summed E-state index contributed by atoms with van der Waals surface area (Å²) in [5.41, 5.74) is 1.15. The number of rotatable bonds is 2. The van der Waals surface area contributed by atoms with E-state index >= 15 is 0 Å². The Balaban J connectivity index is 2.55. The lowest BCUT2D eigenvalue weighted by Crippen LogP contribution is -2.04. The fraction of sp³-hybridized carbons (Fsp3) is 0.0909. The van der Waals surface area contributed by atoms with Crippen LogP contribution in [0.15, 0.2) is 35.6 Å². The minimum Gasteiger partial charge on any atom is -0.227 e. The smallest absolute Gasteiger partial charge is 0.227 e. The maximum Gasteiger partial charge on any atom is 0.247 e. The first-order valence-corrected chi connectivity index (χ1v) is 7.51. The molecule has 0 amide bonds. The predicted octanol–water partition coefficient (Wildman–Crippen LogP) is 2.85. The average molecular weight is 303 g/mol. The number of hydrogen-bond donors (Lipinski definition) is 0. The van der Waals surface area contributed by atoms with Gasteiger partial charge in [-0.05, 0) is 18.2 Å². The maximum atomic E-state index is 11.4. The van der Waals surface area contributed by atoms with Crippen LogP contribution in [0.3, 0.4) is 0 Å². The van der Waals surface area contributed by atoms with Crippen molar-refractivity contribution < 1.29 is 8.42 Å². The highest BCUT2D eigenvalue weighted by Crippen LogP contribution is 2.27. The van der Waals surface area contributed by atoms with Gasteiger partial charge in [-0.2, -0.15) is 0 Å². The Labute approximate surface area is 115 Å². The molecule has 0 spiro atoms. The molecule has 1 heterocycles. The van der Waals surface area contributed by atoms with Gasteiger partial charge in [-0.15, -0.1) is 0 Å². The third kappa shape index (κ3) is 2.80. The van der Waals surface area contributed by atoms with Crippen molar-refractivity contribution in [1.82, 2.24) is 9.97 Å². The third-order valence-corrected chi connectivity index (χ3v) is 3.78. The van der Waals surface area contributed by atoms with E-state index in [2.05, 4.69) is 9.97 Å². The van der Waals surface area contributed by atoms with E-state index < -0.39 is 9.84 Å². The second kappa shape index (κ2) is 4.84. The minimum absolute atomic E-state index is 0.217. The van der Waals surface area contributed by atoms with Gasteiger partial charge in [-0.1, -0.05) is 29.3 Å². The van der Waals surface area contributed by atoms with Crippen LogP contribution in [0.5, 0.6) is 0 Å². The molecule has 94 valence electrons. The van der Waals surface area contributed by atoms with Gasteiger partial charge in [-0.3, -0.25) is 0 Å². The lowest BCUT2D eigenvalue weighted by atomic mass is 10.1. The van der Waals surface area contributed by atoms with E-state index in [9.17, 15) is 8.42 Å². The molecule has 0 aliphatic rings. The monoisotopic (exact) mass is 302 g/mol. The first-order valence-electron chi connectivity index (χ1n) is 4.86.